The molecular weight excluding hydrogens is 320 g/mol. The Labute approximate surface area is 150 Å². The first-order valence-electron chi connectivity index (χ1n) is 9.99. The van der Waals surface area contributed by atoms with E-state index in [0.29, 0.717) is 43.5 Å². The highest BCUT2D eigenvalue weighted by atomic mass is 16.6. The van der Waals surface area contributed by atoms with Crippen LogP contribution in [-0.4, -0.2) is 49.7 Å². The highest BCUT2D eigenvalue weighted by Gasteiger charge is 2.45. The molecule has 5 nitrogen and oxygen atoms in total. The van der Waals surface area contributed by atoms with E-state index in [9.17, 15) is 4.79 Å². The number of carbonyl (C=O) groups is 1. The minimum absolute atomic E-state index is 0.0295. The van der Waals surface area contributed by atoms with E-state index in [1.54, 1.807) is 0 Å². The van der Waals surface area contributed by atoms with Crippen molar-refractivity contribution in [1.29, 1.82) is 0 Å². The van der Waals surface area contributed by atoms with Gasteiger partial charge in [-0.05, 0) is 51.4 Å². The van der Waals surface area contributed by atoms with Gasteiger partial charge in [-0.3, -0.25) is 4.79 Å². The SMILES string of the molecule is C[C@@H](OCC(C)(C)COC(=O)C1CC2C[C@H](C1)O2)C1CC[C@H]2OC2C1. The topological polar surface area (TPSA) is 57.3 Å². The maximum atomic E-state index is 12.3. The van der Waals surface area contributed by atoms with E-state index in [-0.39, 0.29) is 23.4 Å². The Morgan fingerprint density at radius 2 is 1.76 bits per heavy atom. The van der Waals surface area contributed by atoms with Gasteiger partial charge in [0.15, 0.2) is 0 Å². The van der Waals surface area contributed by atoms with Crippen molar-refractivity contribution in [2.45, 2.75) is 89.8 Å². The highest BCUT2D eigenvalue weighted by molar-refractivity contribution is 5.72. The molecule has 7 atom stereocenters. The molecule has 0 amide bonds. The molecule has 0 spiro atoms. The lowest BCUT2D eigenvalue weighted by atomic mass is 9.81. The summed E-state index contributed by atoms with van der Waals surface area (Å²) >= 11 is 0. The molecule has 5 heteroatoms. The number of rotatable bonds is 7. The summed E-state index contributed by atoms with van der Waals surface area (Å²) in [5.74, 6) is 0.571. The predicted octanol–water partition coefficient (Wildman–Crippen LogP) is 3.10. The number of ether oxygens (including phenoxy) is 4. The summed E-state index contributed by atoms with van der Waals surface area (Å²) in [6.07, 6.45) is 8.13. The molecule has 2 bridgehead atoms. The quantitative estimate of drug-likeness (QED) is 0.520. The molecule has 5 fully saturated rings. The fourth-order valence-corrected chi connectivity index (χ4v) is 4.56. The number of fused-ring (bicyclic) bond motifs is 3. The molecular formula is C20H32O5. The Bertz CT molecular complexity index is 488. The van der Waals surface area contributed by atoms with Gasteiger partial charge in [-0.2, -0.15) is 0 Å². The van der Waals surface area contributed by atoms with Crippen LogP contribution in [0.1, 0.15) is 59.3 Å². The summed E-state index contributed by atoms with van der Waals surface area (Å²) in [7, 11) is 0. The lowest BCUT2D eigenvalue weighted by Gasteiger charge is -2.44. The van der Waals surface area contributed by atoms with Crippen LogP contribution in [0.15, 0.2) is 0 Å². The first kappa shape index (κ1) is 17.7. The van der Waals surface area contributed by atoms with E-state index >= 15 is 0 Å². The Morgan fingerprint density at radius 3 is 2.44 bits per heavy atom. The average molecular weight is 352 g/mol. The normalized spacial score (nSPS) is 40.6. The van der Waals surface area contributed by atoms with Crippen LogP contribution in [0.3, 0.4) is 0 Å². The van der Waals surface area contributed by atoms with Crippen LogP contribution >= 0.6 is 0 Å². The monoisotopic (exact) mass is 352 g/mol. The number of hydrogen-bond acceptors (Lipinski definition) is 5. The van der Waals surface area contributed by atoms with E-state index in [1.165, 1.54) is 12.8 Å². The van der Waals surface area contributed by atoms with Gasteiger partial charge in [0.05, 0.1) is 49.7 Å². The van der Waals surface area contributed by atoms with Crippen molar-refractivity contribution < 1.29 is 23.7 Å². The summed E-state index contributed by atoms with van der Waals surface area (Å²) < 4.78 is 23.0. The number of esters is 1. The smallest absolute Gasteiger partial charge is 0.309 e. The van der Waals surface area contributed by atoms with Crippen LogP contribution in [0.2, 0.25) is 0 Å². The van der Waals surface area contributed by atoms with Gasteiger partial charge >= 0.3 is 5.97 Å². The zero-order chi connectivity index (χ0) is 17.6. The van der Waals surface area contributed by atoms with Gasteiger partial charge in [-0.15, -0.1) is 0 Å². The molecule has 3 aliphatic heterocycles. The van der Waals surface area contributed by atoms with Gasteiger partial charge in [-0.1, -0.05) is 13.8 Å². The Hall–Kier alpha value is -0.650. The Morgan fingerprint density at radius 1 is 1.04 bits per heavy atom. The molecule has 25 heavy (non-hydrogen) atoms. The van der Waals surface area contributed by atoms with E-state index in [0.717, 1.165) is 25.7 Å². The molecule has 3 saturated heterocycles. The number of epoxide rings is 1. The third-order valence-corrected chi connectivity index (χ3v) is 6.39. The second kappa shape index (κ2) is 6.82. The third kappa shape index (κ3) is 4.20. The maximum Gasteiger partial charge on any atom is 0.309 e. The minimum Gasteiger partial charge on any atom is -0.465 e. The molecule has 2 aliphatic carbocycles. The minimum atomic E-state index is -0.161. The average Bonchev–Trinajstić information content (AvgIpc) is 3.36. The zero-order valence-electron chi connectivity index (χ0n) is 15.7. The van der Waals surface area contributed by atoms with Crippen LogP contribution in [0.4, 0.5) is 0 Å². The summed E-state index contributed by atoms with van der Waals surface area (Å²) in [4.78, 5) is 12.3. The largest absolute Gasteiger partial charge is 0.465 e. The molecule has 3 heterocycles. The predicted molar refractivity (Wildman–Crippen MR) is 92.2 cm³/mol. The maximum absolute atomic E-state index is 12.3. The summed E-state index contributed by atoms with van der Waals surface area (Å²) in [5.41, 5.74) is -0.161. The molecule has 0 radical (unpaired) electrons. The molecule has 142 valence electrons. The Kier molecular flexibility index (Phi) is 4.84. The second-order valence-electron chi connectivity index (χ2n) is 9.36. The molecule has 0 aromatic carbocycles. The van der Waals surface area contributed by atoms with Crippen LogP contribution < -0.4 is 0 Å². The highest BCUT2D eigenvalue weighted by Crippen LogP contribution is 2.41. The number of hydrogen-bond donors (Lipinski definition) is 0. The Balaban J connectivity index is 1.17. The molecule has 0 N–H and O–H groups in total. The van der Waals surface area contributed by atoms with Crippen molar-refractivity contribution in [3.63, 3.8) is 0 Å². The van der Waals surface area contributed by atoms with Gasteiger partial charge in [0, 0.05) is 5.41 Å². The lowest BCUT2D eigenvalue weighted by molar-refractivity contribution is -0.190. The summed E-state index contributed by atoms with van der Waals surface area (Å²) in [6.45, 7) is 7.42. The summed E-state index contributed by atoms with van der Waals surface area (Å²) in [5, 5.41) is 0. The lowest BCUT2D eigenvalue weighted by Crippen LogP contribution is -2.47. The number of carbonyl (C=O) groups excluding carboxylic acids is 1. The molecule has 0 aromatic heterocycles. The van der Waals surface area contributed by atoms with Crippen molar-refractivity contribution in [3.05, 3.63) is 0 Å². The molecule has 4 unspecified atom stereocenters. The zero-order valence-corrected chi connectivity index (χ0v) is 15.7. The van der Waals surface area contributed by atoms with Crippen molar-refractivity contribution in [2.75, 3.05) is 13.2 Å². The van der Waals surface area contributed by atoms with E-state index in [4.69, 9.17) is 18.9 Å². The van der Waals surface area contributed by atoms with Gasteiger partial charge in [0.25, 0.3) is 0 Å². The van der Waals surface area contributed by atoms with E-state index in [1.807, 2.05) is 0 Å². The van der Waals surface area contributed by atoms with Crippen molar-refractivity contribution in [1.82, 2.24) is 0 Å². The molecule has 5 rings (SSSR count). The van der Waals surface area contributed by atoms with E-state index < -0.39 is 0 Å². The third-order valence-electron chi connectivity index (χ3n) is 6.39. The van der Waals surface area contributed by atoms with Crippen molar-refractivity contribution >= 4 is 5.97 Å². The molecule has 5 aliphatic rings. The first-order chi connectivity index (χ1) is 11.9. The molecule has 0 aromatic rings. The van der Waals surface area contributed by atoms with Gasteiger partial charge in [0.2, 0.25) is 0 Å². The fourth-order valence-electron chi connectivity index (χ4n) is 4.56. The van der Waals surface area contributed by atoms with Gasteiger partial charge < -0.3 is 18.9 Å². The van der Waals surface area contributed by atoms with Crippen LogP contribution in [0, 0.1) is 17.3 Å². The van der Waals surface area contributed by atoms with Crippen molar-refractivity contribution in [2.24, 2.45) is 17.3 Å². The van der Waals surface area contributed by atoms with Crippen LogP contribution in [-0.2, 0) is 23.7 Å². The van der Waals surface area contributed by atoms with E-state index in [2.05, 4.69) is 20.8 Å². The molecule has 2 saturated carbocycles. The first-order valence-corrected chi connectivity index (χ1v) is 9.99. The van der Waals surface area contributed by atoms with Crippen molar-refractivity contribution in [3.8, 4) is 0 Å². The van der Waals surface area contributed by atoms with Gasteiger partial charge in [-0.25, -0.2) is 0 Å². The summed E-state index contributed by atoms with van der Waals surface area (Å²) in [6, 6.07) is 0. The van der Waals surface area contributed by atoms with Crippen LogP contribution in [0.5, 0.6) is 0 Å². The van der Waals surface area contributed by atoms with Gasteiger partial charge in [0.1, 0.15) is 0 Å². The fraction of sp³-hybridized carbons (Fsp3) is 0.950. The van der Waals surface area contributed by atoms with Crippen LogP contribution in [0.25, 0.3) is 0 Å². The second-order valence-corrected chi connectivity index (χ2v) is 9.36. The standard InChI is InChI=1S/C20H32O5/c1-12(13-4-5-17-18(8-13)25-17)22-10-20(2,3)11-23-19(21)14-6-15-9-16(7-14)24-15/h12-18H,4-11H2,1-3H3/t12-,13?,14?,15+,16?,17-,18?/m1/s1.